The molecule has 0 radical (unpaired) electrons. The van der Waals surface area contributed by atoms with E-state index in [0.29, 0.717) is 29.4 Å². The highest BCUT2D eigenvalue weighted by atomic mass is 16.5. The SMILES string of the molecule is COc1cc(C[NH2+]C2CCCCC2OC)cc(OC)c1OC. The average molecular weight is 310 g/mol. The van der Waals surface area contributed by atoms with Gasteiger partial charge in [0, 0.05) is 19.1 Å². The van der Waals surface area contributed by atoms with Crippen LogP contribution in [0.1, 0.15) is 31.2 Å². The summed E-state index contributed by atoms with van der Waals surface area (Å²) in [6.45, 7) is 0.876. The van der Waals surface area contributed by atoms with Gasteiger partial charge in [-0.05, 0) is 25.0 Å². The van der Waals surface area contributed by atoms with Gasteiger partial charge in [0.2, 0.25) is 5.75 Å². The lowest BCUT2D eigenvalue weighted by Crippen LogP contribution is -2.91. The van der Waals surface area contributed by atoms with Crippen LogP contribution in [0.2, 0.25) is 0 Å². The Bertz CT molecular complexity index is 453. The Labute approximate surface area is 132 Å². The van der Waals surface area contributed by atoms with Crippen molar-refractivity contribution in [3.05, 3.63) is 17.7 Å². The summed E-state index contributed by atoms with van der Waals surface area (Å²) in [5.74, 6) is 2.05. The number of rotatable bonds is 7. The summed E-state index contributed by atoms with van der Waals surface area (Å²) in [7, 11) is 6.73. The van der Waals surface area contributed by atoms with Crippen molar-refractivity contribution < 1.29 is 24.3 Å². The van der Waals surface area contributed by atoms with E-state index in [4.69, 9.17) is 18.9 Å². The van der Waals surface area contributed by atoms with Gasteiger partial charge < -0.3 is 24.3 Å². The normalized spacial score (nSPS) is 21.5. The van der Waals surface area contributed by atoms with E-state index in [2.05, 4.69) is 5.32 Å². The minimum absolute atomic E-state index is 0.357. The van der Waals surface area contributed by atoms with E-state index in [-0.39, 0.29) is 0 Å². The maximum absolute atomic E-state index is 5.62. The molecule has 22 heavy (non-hydrogen) atoms. The van der Waals surface area contributed by atoms with Crippen LogP contribution in [0, 0.1) is 0 Å². The summed E-state index contributed by atoms with van der Waals surface area (Å²) in [6.07, 6.45) is 5.29. The second kappa shape index (κ2) is 8.25. The highest BCUT2D eigenvalue weighted by Gasteiger charge is 2.27. The Morgan fingerprint density at radius 3 is 2.14 bits per heavy atom. The molecule has 5 heteroatoms. The first-order valence-electron chi connectivity index (χ1n) is 7.88. The van der Waals surface area contributed by atoms with Crippen molar-refractivity contribution in [1.29, 1.82) is 0 Å². The summed E-state index contributed by atoms with van der Waals surface area (Å²) < 4.78 is 21.8. The Kier molecular flexibility index (Phi) is 6.34. The molecule has 2 rings (SSSR count). The van der Waals surface area contributed by atoms with Crippen molar-refractivity contribution in [3.63, 3.8) is 0 Å². The van der Waals surface area contributed by atoms with Crippen LogP contribution >= 0.6 is 0 Å². The molecule has 0 saturated heterocycles. The summed E-state index contributed by atoms with van der Waals surface area (Å²) in [5.41, 5.74) is 1.16. The van der Waals surface area contributed by atoms with E-state index in [1.54, 1.807) is 21.3 Å². The molecule has 0 amide bonds. The molecular weight excluding hydrogens is 282 g/mol. The van der Waals surface area contributed by atoms with Crippen molar-refractivity contribution in [2.24, 2.45) is 0 Å². The standard InChI is InChI=1S/C17H27NO4/c1-19-14-8-6-5-7-13(14)18-11-12-9-15(20-2)17(22-4)16(10-12)21-3/h9-10,13-14,18H,5-8,11H2,1-4H3/p+1. The third kappa shape index (κ3) is 3.84. The number of hydrogen-bond donors (Lipinski definition) is 1. The molecule has 1 aliphatic carbocycles. The maximum atomic E-state index is 5.62. The van der Waals surface area contributed by atoms with Crippen molar-refractivity contribution in [2.75, 3.05) is 28.4 Å². The average Bonchev–Trinajstić information content (AvgIpc) is 2.58. The van der Waals surface area contributed by atoms with Crippen molar-refractivity contribution in [2.45, 2.75) is 44.4 Å². The van der Waals surface area contributed by atoms with Crippen LogP contribution in [0.25, 0.3) is 0 Å². The molecule has 5 nitrogen and oxygen atoms in total. The van der Waals surface area contributed by atoms with Crippen LogP contribution in [0.3, 0.4) is 0 Å². The quantitative estimate of drug-likeness (QED) is 0.833. The fraction of sp³-hybridized carbons (Fsp3) is 0.647. The van der Waals surface area contributed by atoms with Gasteiger partial charge in [-0.15, -0.1) is 0 Å². The minimum atomic E-state index is 0.357. The van der Waals surface area contributed by atoms with Gasteiger partial charge in [-0.25, -0.2) is 0 Å². The van der Waals surface area contributed by atoms with Crippen LogP contribution < -0.4 is 19.5 Å². The highest BCUT2D eigenvalue weighted by Crippen LogP contribution is 2.38. The third-order valence-corrected chi connectivity index (χ3v) is 4.44. The minimum Gasteiger partial charge on any atom is -0.493 e. The Morgan fingerprint density at radius 1 is 0.955 bits per heavy atom. The molecule has 2 atom stereocenters. The molecule has 0 bridgehead atoms. The van der Waals surface area contributed by atoms with Crippen molar-refractivity contribution in [3.8, 4) is 17.2 Å². The largest absolute Gasteiger partial charge is 0.493 e. The number of methoxy groups -OCH3 is 4. The molecule has 1 fully saturated rings. The van der Waals surface area contributed by atoms with E-state index in [1.165, 1.54) is 19.3 Å². The van der Waals surface area contributed by atoms with Gasteiger partial charge in [0.1, 0.15) is 18.7 Å². The molecule has 2 N–H and O–H groups in total. The second-order valence-corrected chi connectivity index (χ2v) is 5.70. The van der Waals surface area contributed by atoms with E-state index in [0.717, 1.165) is 18.5 Å². The number of nitrogens with two attached hydrogens (primary N) is 1. The summed E-state index contributed by atoms with van der Waals surface area (Å²) in [4.78, 5) is 0. The monoisotopic (exact) mass is 310 g/mol. The smallest absolute Gasteiger partial charge is 0.203 e. The van der Waals surface area contributed by atoms with E-state index >= 15 is 0 Å². The van der Waals surface area contributed by atoms with E-state index < -0.39 is 0 Å². The number of ether oxygens (including phenoxy) is 4. The summed E-state index contributed by atoms with van der Waals surface area (Å²) in [6, 6.07) is 4.56. The fourth-order valence-corrected chi connectivity index (χ4v) is 3.23. The van der Waals surface area contributed by atoms with Gasteiger partial charge >= 0.3 is 0 Å². The van der Waals surface area contributed by atoms with Gasteiger partial charge in [-0.1, -0.05) is 6.42 Å². The molecule has 0 aliphatic heterocycles. The van der Waals surface area contributed by atoms with E-state index in [9.17, 15) is 0 Å². The number of hydrogen-bond acceptors (Lipinski definition) is 4. The topological polar surface area (TPSA) is 53.5 Å². The zero-order valence-electron chi connectivity index (χ0n) is 14.1. The van der Waals surface area contributed by atoms with Crippen LogP contribution in [0.5, 0.6) is 17.2 Å². The van der Waals surface area contributed by atoms with Gasteiger partial charge in [-0.3, -0.25) is 0 Å². The number of benzene rings is 1. The zero-order chi connectivity index (χ0) is 15.9. The Morgan fingerprint density at radius 2 is 1.59 bits per heavy atom. The van der Waals surface area contributed by atoms with Crippen molar-refractivity contribution in [1.82, 2.24) is 0 Å². The first kappa shape index (κ1) is 16.9. The lowest BCUT2D eigenvalue weighted by Gasteiger charge is -2.28. The molecule has 0 spiro atoms. The molecule has 0 aromatic heterocycles. The highest BCUT2D eigenvalue weighted by molar-refractivity contribution is 5.53. The predicted molar refractivity (Wildman–Crippen MR) is 84.8 cm³/mol. The predicted octanol–water partition coefficient (Wildman–Crippen LogP) is 1.73. The molecule has 1 aromatic rings. The second-order valence-electron chi connectivity index (χ2n) is 5.70. The molecule has 124 valence electrons. The third-order valence-electron chi connectivity index (χ3n) is 4.44. The summed E-state index contributed by atoms with van der Waals surface area (Å²) in [5, 5.41) is 2.37. The van der Waals surface area contributed by atoms with Gasteiger partial charge in [0.05, 0.1) is 21.3 Å². The Hall–Kier alpha value is -1.46. The van der Waals surface area contributed by atoms with Gasteiger partial charge in [-0.2, -0.15) is 0 Å². The first-order valence-corrected chi connectivity index (χ1v) is 7.88. The maximum Gasteiger partial charge on any atom is 0.203 e. The van der Waals surface area contributed by atoms with E-state index in [1.807, 2.05) is 19.2 Å². The molecule has 1 aliphatic rings. The van der Waals surface area contributed by atoms with Crippen LogP contribution in [-0.4, -0.2) is 40.6 Å². The number of quaternary nitrogens is 1. The van der Waals surface area contributed by atoms with Crippen LogP contribution in [0.4, 0.5) is 0 Å². The van der Waals surface area contributed by atoms with Gasteiger partial charge in [0.25, 0.3) is 0 Å². The summed E-state index contributed by atoms with van der Waals surface area (Å²) >= 11 is 0. The van der Waals surface area contributed by atoms with Crippen LogP contribution in [0.15, 0.2) is 12.1 Å². The molecular formula is C17H28NO4+. The lowest BCUT2D eigenvalue weighted by atomic mass is 9.92. The Balaban J connectivity index is 2.09. The lowest BCUT2D eigenvalue weighted by molar-refractivity contribution is -0.713. The molecule has 1 aromatic carbocycles. The molecule has 1 saturated carbocycles. The zero-order valence-corrected chi connectivity index (χ0v) is 14.1. The fourth-order valence-electron chi connectivity index (χ4n) is 3.23. The first-order chi connectivity index (χ1) is 10.7. The van der Waals surface area contributed by atoms with Crippen molar-refractivity contribution >= 4 is 0 Å². The molecule has 0 heterocycles. The molecule has 2 unspecified atom stereocenters. The van der Waals surface area contributed by atoms with Crippen LogP contribution in [-0.2, 0) is 11.3 Å². The van der Waals surface area contributed by atoms with Gasteiger partial charge in [0.15, 0.2) is 11.5 Å².